The molecular formula is C15H20O. The van der Waals surface area contributed by atoms with Crippen molar-refractivity contribution >= 4 is 0 Å². The molecule has 16 heavy (non-hydrogen) atoms. The molecule has 1 unspecified atom stereocenters. The predicted molar refractivity (Wildman–Crippen MR) is 66.1 cm³/mol. The fourth-order valence-corrected chi connectivity index (χ4v) is 2.73. The van der Waals surface area contributed by atoms with Crippen LogP contribution in [-0.2, 0) is 0 Å². The molecule has 2 fully saturated rings. The van der Waals surface area contributed by atoms with E-state index in [0.29, 0.717) is 5.92 Å². The van der Waals surface area contributed by atoms with Gasteiger partial charge in [0.1, 0.15) is 5.75 Å². The molecule has 0 radical (unpaired) electrons. The van der Waals surface area contributed by atoms with E-state index in [1.165, 1.54) is 42.6 Å². The van der Waals surface area contributed by atoms with Crippen LogP contribution in [0.2, 0.25) is 0 Å². The number of benzene rings is 1. The summed E-state index contributed by atoms with van der Waals surface area (Å²) in [5.74, 6) is 3.54. The monoisotopic (exact) mass is 216 g/mol. The highest BCUT2D eigenvalue weighted by Gasteiger charge is 2.33. The molecule has 1 heteroatoms. The van der Waals surface area contributed by atoms with Crippen molar-refractivity contribution < 1.29 is 4.74 Å². The Morgan fingerprint density at radius 1 is 1.19 bits per heavy atom. The maximum Gasteiger partial charge on any atom is 0.125 e. The van der Waals surface area contributed by atoms with Crippen LogP contribution in [0.4, 0.5) is 0 Å². The van der Waals surface area contributed by atoms with Gasteiger partial charge in [-0.05, 0) is 54.6 Å². The van der Waals surface area contributed by atoms with Crippen molar-refractivity contribution in [3.05, 3.63) is 29.3 Å². The third-order valence-corrected chi connectivity index (χ3v) is 4.12. The molecule has 0 amide bonds. The largest absolute Gasteiger partial charge is 0.496 e. The van der Waals surface area contributed by atoms with E-state index in [4.69, 9.17) is 4.74 Å². The van der Waals surface area contributed by atoms with Crippen LogP contribution in [0.15, 0.2) is 18.2 Å². The van der Waals surface area contributed by atoms with E-state index in [1.54, 1.807) is 0 Å². The van der Waals surface area contributed by atoms with Crippen molar-refractivity contribution in [2.45, 2.75) is 44.4 Å². The summed E-state index contributed by atoms with van der Waals surface area (Å²) in [4.78, 5) is 0. The van der Waals surface area contributed by atoms with Crippen molar-refractivity contribution in [3.8, 4) is 5.75 Å². The van der Waals surface area contributed by atoms with Crippen molar-refractivity contribution in [2.24, 2.45) is 5.92 Å². The number of methoxy groups -OCH3 is 1. The van der Waals surface area contributed by atoms with Crippen LogP contribution in [0.1, 0.15) is 55.6 Å². The van der Waals surface area contributed by atoms with Gasteiger partial charge in [0.15, 0.2) is 0 Å². The molecule has 2 aliphatic carbocycles. The molecule has 2 aliphatic rings. The second kappa shape index (κ2) is 3.80. The molecule has 0 bridgehead atoms. The van der Waals surface area contributed by atoms with Gasteiger partial charge in [-0.1, -0.05) is 25.1 Å². The summed E-state index contributed by atoms with van der Waals surface area (Å²) in [5.41, 5.74) is 2.89. The minimum absolute atomic E-state index is 0.675. The van der Waals surface area contributed by atoms with Gasteiger partial charge in [-0.3, -0.25) is 0 Å². The Balaban J connectivity index is 1.98. The molecule has 1 aromatic carbocycles. The zero-order valence-electron chi connectivity index (χ0n) is 10.2. The maximum absolute atomic E-state index is 5.68. The fourth-order valence-electron chi connectivity index (χ4n) is 2.73. The van der Waals surface area contributed by atoms with Gasteiger partial charge in [0.25, 0.3) is 0 Å². The van der Waals surface area contributed by atoms with Gasteiger partial charge in [-0.2, -0.15) is 0 Å². The lowest BCUT2D eigenvalue weighted by Gasteiger charge is -2.18. The van der Waals surface area contributed by atoms with Crippen LogP contribution < -0.4 is 4.74 Å². The summed E-state index contributed by atoms with van der Waals surface area (Å²) in [6, 6.07) is 6.72. The van der Waals surface area contributed by atoms with Gasteiger partial charge in [-0.25, -0.2) is 0 Å². The summed E-state index contributed by atoms with van der Waals surface area (Å²) in [7, 11) is 1.82. The molecular weight excluding hydrogens is 196 g/mol. The van der Waals surface area contributed by atoms with Crippen LogP contribution >= 0.6 is 0 Å². The molecule has 1 aromatic rings. The first kappa shape index (κ1) is 10.2. The molecule has 0 heterocycles. The summed E-state index contributed by atoms with van der Waals surface area (Å²) >= 11 is 0. The highest BCUT2D eigenvalue weighted by molar-refractivity contribution is 5.47. The number of para-hydroxylation sites is 1. The number of hydrogen-bond acceptors (Lipinski definition) is 1. The standard InChI is InChI=1S/C15H20O/c1-10(11-6-7-11)13-4-3-5-14(12-8-9-12)15(13)16-2/h3-5,10-12H,6-9H2,1-2H3. The summed E-state index contributed by atoms with van der Waals surface area (Å²) in [6.45, 7) is 2.35. The number of ether oxygens (including phenoxy) is 1. The molecule has 0 spiro atoms. The second-order valence-electron chi connectivity index (χ2n) is 5.37. The van der Waals surface area contributed by atoms with Crippen LogP contribution in [-0.4, -0.2) is 7.11 Å². The average Bonchev–Trinajstić information content (AvgIpc) is 3.20. The second-order valence-corrected chi connectivity index (χ2v) is 5.37. The van der Waals surface area contributed by atoms with Crippen molar-refractivity contribution in [2.75, 3.05) is 7.11 Å². The first-order chi connectivity index (χ1) is 7.81. The highest BCUT2D eigenvalue weighted by Crippen LogP contribution is 2.50. The molecule has 0 N–H and O–H groups in total. The van der Waals surface area contributed by atoms with Crippen LogP contribution in [0.3, 0.4) is 0 Å². The zero-order valence-corrected chi connectivity index (χ0v) is 10.2. The first-order valence-corrected chi connectivity index (χ1v) is 6.48. The van der Waals surface area contributed by atoms with Crippen LogP contribution in [0.25, 0.3) is 0 Å². The Kier molecular flexibility index (Phi) is 2.42. The Morgan fingerprint density at radius 3 is 2.50 bits per heavy atom. The smallest absolute Gasteiger partial charge is 0.125 e. The lowest BCUT2D eigenvalue weighted by atomic mass is 9.92. The van der Waals surface area contributed by atoms with E-state index < -0.39 is 0 Å². The molecule has 0 aliphatic heterocycles. The van der Waals surface area contributed by atoms with E-state index in [0.717, 1.165) is 11.8 Å². The lowest BCUT2D eigenvalue weighted by Crippen LogP contribution is -2.02. The molecule has 3 rings (SSSR count). The van der Waals surface area contributed by atoms with Crippen LogP contribution in [0, 0.1) is 5.92 Å². The Hall–Kier alpha value is -0.980. The third-order valence-electron chi connectivity index (χ3n) is 4.12. The minimum atomic E-state index is 0.675. The maximum atomic E-state index is 5.68. The van der Waals surface area contributed by atoms with Gasteiger partial charge in [0.2, 0.25) is 0 Å². The topological polar surface area (TPSA) is 9.23 Å². The molecule has 2 saturated carbocycles. The molecule has 0 aromatic heterocycles. The van der Waals surface area contributed by atoms with Crippen molar-refractivity contribution in [1.29, 1.82) is 0 Å². The predicted octanol–water partition coefficient (Wildman–Crippen LogP) is 4.09. The highest BCUT2D eigenvalue weighted by atomic mass is 16.5. The number of rotatable bonds is 4. The third kappa shape index (κ3) is 1.73. The van der Waals surface area contributed by atoms with Gasteiger partial charge in [0.05, 0.1) is 7.11 Å². The Labute approximate surface area is 97.8 Å². The van der Waals surface area contributed by atoms with E-state index >= 15 is 0 Å². The quantitative estimate of drug-likeness (QED) is 0.736. The molecule has 1 nitrogen and oxygen atoms in total. The van der Waals surface area contributed by atoms with E-state index in [9.17, 15) is 0 Å². The SMILES string of the molecule is COc1c(C2CC2)cccc1C(C)C1CC1. The molecule has 1 atom stereocenters. The van der Waals surface area contributed by atoms with Crippen LogP contribution in [0.5, 0.6) is 5.75 Å². The van der Waals surface area contributed by atoms with E-state index in [1.807, 2.05) is 7.11 Å². The summed E-state index contributed by atoms with van der Waals surface area (Å²) in [5, 5.41) is 0. The zero-order chi connectivity index (χ0) is 11.1. The summed E-state index contributed by atoms with van der Waals surface area (Å²) in [6.07, 6.45) is 5.49. The number of hydrogen-bond donors (Lipinski definition) is 0. The first-order valence-electron chi connectivity index (χ1n) is 6.48. The lowest BCUT2D eigenvalue weighted by molar-refractivity contribution is 0.399. The average molecular weight is 216 g/mol. The minimum Gasteiger partial charge on any atom is -0.496 e. The van der Waals surface area contributed by atoms with Crippen molar-refractivity contribution in [3.63, 3.8) is 0 Å². The molecule has 86 valence electrons. The van der Waals surface area contributed by atoms with E-state index in [-0.39, 0.29) is 0 Å². The Bertz CT molecular complexity index is 388. The van der Waals surface area contributed by atoms with E-state index in [2.05, 4.69) is 25.1 Å². The van der Waals surface area contributed by atoms with Crippen molar-refractivity contribution in [1.82, 2.24) is 0 Å². The normalized spacial score (nSPS) is 21.9. The van der Waals surface area contributed by atoms with Gasteiger partial charge >= 0.3 is 0 Å². The van der Waals surface area contributed by atoms with Gasteiger partial charge < -0.3 is 4.74 Å². The Morgan fingerprint density at radius 2 is 1.94 bits per heavy atom. The summed E-state index contributed by atoms with van der Waals surface area (Å²) < 4.78 is 5.68. The fraction of sp³-hybridized carbons (Fsp3) is 0.600. The van der Waals surface area contributed by atoms with Gasteiger partial charge in [0, 0.05) is 0 Å². The molecule has 0 saturated heterocycles. The van der Waals surface area contributed by atoms with Gasteiger partial charge in [-0.15, -0.1) is 0 Å².